The van der Waals surface area contributed by atoms with Crippen LogP contribution in [0, 0.1) is 12.8 Å². The Hall–Kier alpha value is 2.13. The van der Waals surface area contributed by atoms with Crippen LogP contribution in [0.1, 0.15) is 13.8 Å². The minimum Gasteiger partial charge on any atom is -0.408 e. The monoisotopic (exact) mass is 320 g/mol. The third-order valence-corrected chi connectivity index (χ3v) is 1.46. The summed E-state index contributed by atoms with van der Waals surface area (Å²) < 4.78 is 9.60. The standard InChI is InChI=1S/2C4H7O.2Y/c2*1-2-4-3-5-4;;/h2*2,4H,3H2,1H3;;/q2*-1;;/t2*4-;;/m10../s1. The van der Waals surface area contributed by atoms with Gasteiger partial charge in [0, 0.05) is 78.6 Å². The van der Waals surface area contributed by atoms with Crippen LogP contribution in [0.3, 0.4) is 0 Å². The van der Waals surface area contributed by atoms with Gasteiger partial charge in [-0.25, -0.2) is 0 Å². The van der Waals surface area contributed by atoms with Crippen molar-refractivity contribution in [3.8, 4) is 0 Å². The van der Waals surface area contributed by atoms with Crippen molar-refractivity contribution in [1.82, 2.24) is 0 Å². The van der Waals surface area contributed by atoms with Gasteiger partial charge in [-0.3, -0.25) is 0 Å². The molecule has 2 aliphatic rings. The zero-order valence-electron chi connectivity index (χ0n) is 7.69. The van der Waals surface area contributed by atoms with Gasteiger partial charge in [0.05, 0.1) is 0 Å². The van der Waals surface area contributed by atoms with Crippen molar-refractivity contribution in [2.75, 3.05) is 13.2 Å². The third kappa shape index (κ3) is 10.2. The number of rotatable bonds is 2. The topological polar surface area (TPSA) is 25.1 Å². The molecular formula is C8H14O2Y2-2. The Balaban J connectivity index is 0. The van der Waals surface area contributed by atoms with Crippen molar-refractivity contribution >= 4 is 0 Å². The molecule has 0 aliphatic carbocycles. The molecule has 0 amide bonds. The molecule has 2 saturated heterocycles. The fourth-order valence-corrected chi connectivity index (χ4v) is 0.496. The van der Waals surface area contributed by atoms with Crippen LogP contribution in [0.4, 0.5) is 0 Å². The molecule has 66 valence electrons. The second-order valence-electron chi connectivity index (χ2n) is 2.41. The molecule has 0 saturated carbocycles. The van der Waals surface area contributed by atoms with E-state index < -0.39 is 0 Å². The van der Waals surface area contributed by atoms with Crippen LogP contribution in [0.15, 0.2) is 0 Å². The van der Waals surface area contributed by atoms with Crippen molar-refractivity contribution in [3.63, 3.8) is 0 Å². The SMILES string of the molecule is C[CH-][C@@H]1CO1.C[CH-][C@H]1CO1.[Y].[Y]. The molecule has 2 aliphatic heterocycles. The fourth-order valence-electron chi connectivity index (χ4n) is 0.496. The number of epoxide rings is 2. The molecule has 12 heavy (non-hydrogen) atoms. The Morgan fingerprint density at radius 2 is 1.17 bits per heavy atom. The van der Waals surface area contributed by atoms with Gasteiger partial charge in [-0.2, -0.15) is 13.8 Å². The molecule has 0 bridgehead atoms. The number of hydrogen-bond donors (Lipinski definition) is 0. The summed E-state index contributed by atoms with van der Waals surface area (Å²) in [4.78, 5) is 0. The van der Waals surface area contributed by atoms with E-state index in [0.29, 0.717) is 12.2 Å². The predicted molar refractivity (Wildman–Crippen MR) is 39.4 cm³/mol. The molecule has 2 rings (SSSR count). The van der Waals surface area contributed by atoms with Crippen LogP contribution in [0.2, 0.25) is 0 Å². The Morgan fingerprint density at radius 1 is 0.917 bits per heavy atom. The average molecular weight is 320 g/mol. The molecule has 0 aromatic rings. The van der Waals surface area contributed by atoms with E-state index in [-0.39, 0.29) is 65.4 Å². The molecule has 0 aromatic carbocycles. The minimum atomic E-state index is 0. The first-order valence-electron chi connectivity index (χ1n) is 3.69. The van der Waals surface area contributed by atoms with Crippen molar-refractivity contribution in [1.29, 1.82) is 0 Å². The zero-order valence-corrected chi connectivity index (χ0v) is 13.4. The molecule has 0 aromatic heterocycles. The molecule has 0 unspecified atom stereocenters. The molecule has 0 spiro atoms. The van der Waals surface area contributed by atoms with Gasteiger partial charge in [-0.1, -0.05) is 0 Å². The van der Waals surface area contributed by atoms with Gasteiger partial charge in [0.15, 0.2) is 0 Å². The van der Waals surface area contributed by atoms with Gasteiger partial charge >= 0.3 is 0 Å². The fraction of sp³-hybridized carbons (Fsp3) is 0.750. The molecule has 0 N–H and O–H groups in total. The summed E-state index contributed by atoms with van der Waals surface area (Å²) in [5.41, 5.74) is 0. The van der Waals surface area contributed by atoms with Crippen LogP contribution in [0.25, 0.3) is 0 Å². The van der Waals surface area contributed by atoms with E-state index in [1.807, 2.05) is 13.8 Å². The van der Waals surface area contributed by atoms with Gasteiger partial charge in [-0.15, -0.1) is 0 Å². The van der Waals surface area contributed by atoms with Crippen LogP contribution in [-0.4, -0.2) is 25.4 Å². The molecule has 2 fully saturated rings. The van der Waals surface area contributed by atoms with Crippen molar-refractivity contribution in [3.05, 3.63) is 12.8 Å². The Bertz CT molecular complexity index is 81.1. The zero-order chi connectivity index (χ0) is 7.40. The summed E-state index contributed by atoms with van der Waals surface area (Å²) in [6.45, 7) is 5.93. The van der Waals surface area contributed by atoms with Gasteiger partial charge in [-0.05, 0) is 12.2 Å². The molecular weight excluding hydrogens is 306 g/mol. The second-order valence-corrected chi connectivity index (χ2v) is 2.41. The summed E-state index contributed by atoms with van der Waals surface area (Å²) in [5, 5.41) is 0. The summed E-state index contributed by atoms with van der Waals surface area (Å²) >= 11 is 0. The van der Waals surface area contributed by atoms with Gasteiger partial charge in [0.25, 0.3) is 0 Å². The molecule has 4 heteroatoms. The van der Waals surface area contributed by atoms with E-state index in [2.05, 4.69) is 12.8 Å². The van der Waals surface area contributed by atoms with Crippen LogP contribution >= 0.6 is 0 Å². The Morgan fingerprint density at radius 3 is 1.17 bits per heavy atom. The van der Waals surface area contributed by atoms with Crippen LogP contribution < -0.4 is 0 Å². The van der Waals surface area contributed by atoms with E-state index in [9.17, 15) is 0 Å². The summed E-state index contributed by atoms with van der Waals surface area (Å²) in [6.07, 6.45) is 5.13. The van der Waals surface area contributed by atoms with Gasteiger partial charge in [0.1, 0.15) is 0 Å². The second kappa shape index (κ2) is 9.67. The van der Waals surface area contributed by atoms with Crippen molar-refractivity contribution in [2.45, 2.75) is 26.1 Å². The maximum absolute atomic E-state index is 4.80. The molecule has 2 radical (unpaired) electrons. The Kier molecular flexibility index (Phi) is 13.3. The third-order valence-electron chi connectivity index (χ3n) is 1.46. The van der Waals surface area contributed by atoms with Crippen molar-refractivity contribution in [2.24, 2.45) is 0 Å². The largest absolute Gasteiger partial charge is 0.408 e. The smallest absolute Gasteiger partial charge is 0.0417 e. The first kappa shape index (κ1) is 16.6. The van der Waals surface area contributed by atoms with E-state index >= 15 is 0 Å². The predicted octanol–water partition coefficient (Wildman–Crippen LogP) is 1.21. The van der Waals surface area contributed by atoms with Crippen LogP contribution in [0.5, 0.6) is 0 Å². The molecule has 2 heterocycles. The summed E-state index contributed by atoms with van der Waals surface area (Å²) in [6, 6.07) is 0. The maximum atomic E-state index is 4.80. The summed E-state index contributed by atoms with van der Waals surface area (Å²) in [5.74, 6) is 0. The van der Waals surface area contributed by atoms with Crippen LogP contribution in [-0.2, 0) is 74.9 Å². The van der Waals surface area contributed by atoms with Crippen molar-refractivity contribution < 1.29 is 74.9 Å². The number of ether oxygens (including phenoxy) is 2. The van der Waals surface area contributed by atoms with Gasteiger partial charge in [0.2, 0.25) is 0 Å². The quantitative estimate of drug-likeness (QED) is 0.565. The van der Waals surface area contributed by atoms with E-state index in [1.165, 1.54) is 0 Å². The number of hydrogen-bond acceptors (Lipinski definition) is 2. The first-order chi connectivity index (χ1) is 4.86. The maximum Gasteiger partial charge on any atom is 0.0417 e. The van der Waals surface area contributed by atoms with E-state index in [1.54, 1.807) is 0 Å². The molecule has 2 nitrogen and oxygen atoms in total. The molecule has 2 atom stereocenters. The van der Waals surface area contributed by atoms with Gasteiger partial charge < -0.3 is 22.3 Å². The summed E-state index contributed by atoms with van der Waals surface area (Å²) in [7, 11) is 0. The van der Waals surface area contributed by atoms with E-state index in [4.69, 9.17) is 9.47 Å². The van der Waals surface area contributed by atoms with E-state index in [0.717, 1.165) is 13.2 Å². The average Bonchev–Trinajstić information content (AvgIpc) is 2.86. The first-order valence-corrected chi connectivity index (χ1v) is 3.69. The minimum absolute atomic E-state index is 0. The Labute approximate surface area is 125 Å². The normalized spacial score (nSPS) is 28.5.